The van der Waals surface area contributed by atoms with Crippen LogP contribution in [0.1, 0.15) is 38.5 Å². The third-order valence-electron chi connectivity index (χ3n) is 4.12. The number of hydrogen-bond donors (Lipinski definition) is 1. The highest BCUT2D eigenvalue weighted by molar-refractivity contribution is 5.84. The summed E-state index contributed by atoms with van der Waals surface area (Å²) in [5.74, 6) is 0.138. The van der Waals surface area contributed by atoms with E-state index in [9.17, 15) is 23.1 Å². The first-order valence-electron chi connectivity index (χ1n) is 6.39. The van der Waals surface area contributed by atoms with Crippen molar-refractivity contribution in [3.05, 3.63) is 0 Å². The minimum atomic E-state index is -4.57. The molecule has 1 atom stereocenters. The fourth-order valence-electron chi connectivity index (χ4n) is 2.84. The summed E-state index contributed by atoms with van der Waals surface area (Å²) in [5.41, 5.74) is -2.57. The smallest absolute Gasteiger partial charge is 0.380 e. The average molecular weight is 265 g/mol. The lowest BCUT2D eigenvalue weighted by Gasteiger charge is -2.42. The molecular formula is C12H18F3NO2. The molecule has 2 rings (SSSR count). The number of nitrogens with zero attached hydrogens (tertiary/aromatic N) is 1. The Morgan fingerprint density at radius 3 is 2.33 bits per heavy atom. The molecule has 6 heteroatoms. The lowest BCUT2D eigenvalue weighted by atomic mass is 9.87. The maximum absolute atomic E-state index is 12.6. The normalized spacial score (nSPS) is 30.4. The number of ketones is 1. The van der Waals surface area contributed by atoms with E-state index in [0.29, 0.717) is 6.42 Å². The van der Waals surface area contributed by atoms with E-state index in [1.807, 2.05) is 4.90 Å². The highest BCUT2D eigenvalue weighted by atomic mass is 19.4. The fraction of sp³-hybridized carbons (Fsp3) is 0.917. The van der Waals surface area contributed by atoms with Crippen LogP contribution >= 0.6 is 0 Å². The van der Waals surface area contributed by atoms with Crippen LogP contribution in [0.2, 0.25) is 0 Å². The highest BCUT2D eigenvalue weighted by Gasteiger charge is 2.55. The predicted molar refractivity (Wildman–Crippen MR) is 59.1 cm³/mol. The third kappa shape index (κ3) is 2.54. The summed E-state index contributed by atoms with van der Waals surface area (Å²) in [7, 11) is 0. The Bertz CT molecular complexity index is 322. The number of rotatable bonds is 1. The molecule has 0 spiro atoms. The highest BCUT2D eigenvalue weighted by Crippen LogP contribution is 2.39. The number of Topliss-reactive ketones (excluding diaryl/α,β-unsaturated/α-hetero) is 1. The standard InChI is InChI=1S/C12H18F3NO2/c13-12(14,15)11(18)5-7-16(8-6-11)9-3-1-2-4-10(9)17/h9,18H,1-8H2. The molecule has 1 saturated heterocycles. The molecule has 0 radical (unpaired) electrons. The summed E-state index contributed by atoms with van der Waals surface area (Å²) in [6, 6.07) is -0.225. The van der Waals surface area contributed by atoms with E-state index in [1.165, 1.54) is 0 Å². The van der Waals surface area contributed by atoms with Gasteiger partial charge in [0, 0.05) is 19.5 Å². The van der Waals surface area contributed by atoms with Gasteiger partial charge in [-0.3, -0.25) is 9.69 Å². The van der Waals surface area contributed by atoms with Crippen molar-refractivity contribution >= 4 is 5.78 Å². The van der Waals surface area contributed by atoms with Crippen molar-refractivity contribution < 1.29 is 23.1 Å². The van der Waals surface area contributed by atoms with Gasteiger partial charge in [0.1, 0.15) is 5.78 Å². The second-order valence-corrected chi connectivity index (χ2v) is 5.29. The number of hydrogen-bond acceptors (Lipinski definition) is 3. The molecule has 0 aromatic carbocycles. The average Bonchev–Trinajstić information content (AvgIpc) is 2.30. The van der Waals surface area contributed by atoms with Gasteiger partial charge in [-0.2, -0.15) is 13.2 Å². The number of likely N-dealkylation sites (tertiary alicyclic amines) is 1. The molecule has 18 heavy (non-hydrogen) atoms. The summed E-state index contributed by atoms with van der Waals surface area (Å²) in [6.07, 6.45) is -2.13. The summed E-state index contributed by atoms with van der Waals surface area (Å²) < 4.78 is 37.9. The molecule has 1 aliphatic heterocycles. The molecule has 0 aromatic rings. The number of halogens is 3. The second-order valence-electron chi connectivity index (χ2n) is 5.29. The van der Waals surface area contributed by atoms with Crippen molar-refractivity contribution in [1.29, 1.82) is 0 Å². The van der Waals surface area contributed by atoms with E-state index in [2.05, 4.69) is 0 Å². The predicted octanol–water partition coefficient (Wildman–Crippen LogP) is 1.89. The van der Waals surface area contributed by atoms with Gasteiger partial charge in [-0.25, -0.2) is 0 Å². The van der Waals surface area contributed by atoms with E-state index < -0.39 is 11.8 Å². The molecule has 2 aliphatic rings. The second kappa shape index (κ2) is 4.81. The summed E-state index contributed by atoms with van der Waals surface area (Å²) in [4.78, 5) is 13.5. The van der Waals surface area contributed by atoms with Gasteiger partial charge in [-0.05, 0) is 25.7 Å². The monoisotopic (exact) mass is 265 g/mol. The van der Waals surface area contributed by atoms with Crippen molar-refractivity contribution in [3.8, 4) is 0 Å². The minimum Gasteiger partial charge on any atom is -0.380 e. The van der Waals surface area contributed by atoms with Gasteiger partial charge in [-0.1, -0.05) is 6.42 Å². The molecule has 1 unspecified atom stereocenters. The molecule has 1 aliphatic carbocycles. The zero-order chi connectivity index (χ0) is 13.4. The SMILES string of the molecule is O=C1CCCCC1N1CCC(O)(C(F)(F)F)CC1. The van der Waals surface area contributed by atoms with Gasteiger partial charge in [0.05, 0.1) is 6.04 Å². The van der Waals surface area contributed by atoms with Crippen molar-refractivity contribution in [2.24, 2.45) is 0 Å². The van der Waals surface area contributed by atoms with Crippen LogP contribution in [0.4, 0.5) is 13.2 Å². The lowest BCUT2D eigenvalue weighted by Crippen LogP contribution is -2.56. The topological polar surface area (TPSA) is 40.5 Å². The first kappa shape index (κ1) is 13.8. The van der Waals surface area contributed by atoms with Gasteiger partial charge in [-0.15, -0.1) is 0 Å². The Morgan fingerprint density at radius 1 is 1.22 bits per heavy atom. The zero-order valence-electron chi connectivity index (χ0n) is 10.2. The lowest BCUT2D eigenvalue weighted by molar-refractivity contribution is -0.273. The summed E-state index contributed by atoms with van der Waals surface area (Å²) >= 11 is 0. The van der Waals surface area contributed by atoms with E-state index in [0.717, 1.165) is 19.3 Å². The van der Waals surface area contributed by atoms with Crippen molar-refractivity contribution in [2.45, 2.75) is 56.3 Å². The van der Waals surface area contributed by atoms with Crippen LogP contribution in [0, 0.1) is 0 Å². The number of aliphatic hydroxyl groups is 1. The van der Waals surface area contributed by atoms with Crippen LogP contribution in [0.3, 0.4) is 0 Å². The van der Waals surface area contributed by atoms with Crippen LogP contribution in [0.5, 0.6) is 0 Å². The maximum atomic E-state index is 12.6. The summed E-state index contributed by atoms with van der Waals surface area (Å²) in [5, 5.41) is 9.55. The molecule has 1 saturated carbocycles. The largest absolute Gasteiger partial charge is 0.417 e. The molecule has 1 N–H and O–H groups in total. The molecule has 0 aromatic heterocycles. The molecule has 0 amide bonds. The van der Waals surface area contributed by atoms with E-state index >= 15 is 0 Å². The van der Waals surface area contributed by atoms with E-state index in [-0.39, 0.29) is 37.8 Å². The van der Waals surface area contributed by atoms with Crippen molar-refractivity contribution in [2.75, 3.05) is 13.1 Å². The molecule has 0 bridgehead atoms. The van der Waals surface area contributed by atoms with Crippen molar-refractivity contribution in [3.63, 3.8) is 0 Å². The minimum absolute atomic E-state index is 0.138. The number of alkyl halides is 3. The van der Waals surface area contributed by atoms with Crippen LogP contribution in [0.25, 0.3) is 0 Å². The Labute approximate surface area is 104 Å². The Kier molecular flexibility index (Phi) is 3.69. The Balaban J connectivity index is 1.96. The van der Waals surface area contributed by atoms with Crippen LogP contribution in [0.15, 0.2) is 0 Å². The number of carbonyl (C=O) groups excluding carboxylic acids is 1. The number of carbonyl (C=O) groups is 1. The van der Waals surface area contributed by atoms with Gasteiger partial charge in [0.15, 0.2) is 5.60 Å². The maximum Gasteiger partial charge on any atom is 0.417 e. The van der Waals surface area contributed by atoms with Gasteiger partial charge < -0.3 is 5.11 Å². The van der Waals surface area contributed by atoms with Crippen LogP contribution in [-0.2, 0) is 4.79 Å². The van der Waals surface area contributed by atoms with Crippen molar-refractivity contribution in [1.82, 2.24) is 4.90 Å². The molecule has 3 nitrogen and oxygen atoms in total. The van der Waals surface area contributed by atoms with Crippen LogP contribution in [-0.4, -0.2) is 46.7 Å². The van der Waals surface area contributed by atoms with Gasteiger partial charge >= 0.3 is 6.18 Å². The van der Waals surface area contributed by atoms with E-state index in [4.69, 9.17) is 0 Å². The first-order chi connectivity index (χ1) is 8.33. The Morgan fingerprint density at radius 2 is 1.83 bits per heavy atom. The van der Waals surface area contributed by atoms with Gasteiger partial charge in [0.2, 0.25) is 0 Å². The van der Waals surface area contributed by atoms with Crippen LogP contribution < -0.4 is 0 Å². The third-order valence-corrected chi connectivity index (χ3v) is 4.12. The molecule has 1 heterocycles. The van der Waals surface area contributed by atoms with Gasteiger partial charge in [0.25, 0.3) is 0 Å². The fourth-order valence-corrected chi connectivity index (χ4v) is 2.84. The zero-order valence-corrected chi connectivity index (χ0v) is 10.2. The summed E-state index contributed by atoms with van der Waals surface area (Å²) in [6.45, 7) is 0.291. The molecular weight excluding hydrogens is 247 g/mol. The Hall–Kier alpha value is -0.620. The van der Waals surface area contributed by atoms with E-state index in [1.54, 1.807) is 0 Å². The molecule has 104 valence electrons. The first-order valence-corrected chi connectivity index (χ1v) is 6.39. The quantitative estimate of drug-likeness (QED) is 0.787. The number of piperidine rings is 1. The molecule has 2 fully saturated rings.